The summed E-state index contributed by atoms with van der Waals surface area (Å²) >= 11 is 0. The highest BCUT2D eigenvalue weighted by molar-refractivity contribution is 5.88. The Balaban J connectivity index is 1.62. The molecule has 0 spiro atoms. The Labute approximate surface area is 157 Å². The van der Waals surface area contributed by atoms with Crippen molar-refractivity contribution in [1.82, 2.24) is 29.0 Å². The summed E-state index contributed by atoms with van der Waals surface area (Å²) in [5.74, 6) is 2.49. The minimum absolute atomic E-state index is 0.675. The van der Waals surface area contributed by atoms with Crippen LogP contribution in [0.5, 0.6) is 5.75 Å². The maximum absolute atomic E-state index is 5.54. The van der Waals surface area contributed by atoms with Crippen LogP contribution in [0.4, 0.5) is 0 Å². The van der Waals surface area contributed by atoms with Gasteiger partial charge in [0.05, 0.1) is 18.8 Å². The average Bonchev–Trinajstić information content (AvgIpc) is 3.21. The number of pyridine rings is 1. The summed E-state index contributed by atoms with van der Waals surface area (Å²) in [5.41, 5.74) is 4.94. The third-order valence-electron chi connectivity index (χ3n) is 5.42. The summed E-state index contributed by atoms with van der Waals surface area (Å²) < 4.78 is 9.69. The van der Waals surface area contributed by atoms with Crippen molar-refractivity contribution in [3.8, 4) is 16.9 Å². The summed E-state index contributed by atoms with van der Waals surface area (Å²) in [6.45, 7) is 5.32. The van der Waals surface area contributed by atoms with Crippen LogP contribution in [0.15, 0.2) is 36.8 Å². The molecule has 0 bridgehead atoms. The van der Waals surface area contributed by atoms with Crippen LogP contribution in [0.25, 0.3) is 27.8 Å². The van der Waals surface area contributed by atoms with Gasteiger partial charge in [-0.25, -0.2) is 14.5 Å². The molecule has 0 unspecified atom stereocenters. The first-order chi connectivity index (χ1) is 13.1. The Morgan fingerprint density at radius 3 is 2.89 bits per heavy atom. The average molecular weight is 362 g/mol. The number of methoxy groups -OCH3 is 1. The summed E-state index contributed by atoms with van der Waals surface area (Å²) in [6.07, 6.45) is 5.58. The molecule has 0 amide bonds. The predicted molar refractivity (Wildman–Crippen MR) is 104 cm³/mol. The predicted octanol–water partition coefficient (Wildman–Crippen LogP) is 2.62. The number of hydrogen-bond acceptors (Lipinski definition) is 5. The lowest BCUT2D eigenvalue weighted by atomic mass is 10.0. The third kappa shape index (κ3) is 2.57. The number of hydrogen-bond donors (Lipinski definition) is 0. The number of fused-ring (bicyclic) bond motifs is 2. The molecule has 138 valence electrons. The van der Waals surface area contributed by atoms with Gasteiger partial charge in [0.25, 0.3) is 0 Å². The minimum atomic E-state index is 0.675. The lowest BCUT2D eigenvalue weighted by Crippen LogP contribution is -2.45. The number of aryl methyl sites for hydroxylation is 1. The van der Waals surface area contributed by atoms with Gasteiger partial charge >= 0.3 is 0 Å². The third-order valence-corrected chi connectivity index (χ3v) is 5.42. The quantitative estimate of drug-likeness (QED) is 0.558. The van der Waals surface area contributed by atoms with Crippen molar-refractivity contribution >= 4 is 16.7 Å². The molecule has 1 saturated heterocycles. The van der Waals surface area contributed by atoms with E-state index >= 15 is 0 Å². The van der Waals surface area contributed by atoms with E-state index in [0.29, 0.717) is 5.92 Å². The lowest BCUT2D eigenvalue weighted by Gasteiger charge is -2.36. The van der Waals surface area contributed by atoms with E-state index in [1.807, 2.05) is 23.0 Å². The van der Waals surface area contributed by atoms with Crippen LogP contribution >= 0.6 is 0 Å². The second kappa shape index (κ2) is 6.06. The number of aromatic nitrogens is 5. The van der Waals surface area contributed by atoms with Gasteiger partial charge < -0.3 is 14.2 Å². The molecule has 0 radical (unpaired) electrons. The molecule has 0 N–H and O–H groups in total. The summed E-state index contributed by atoms with van der Waals surface area (Å²) in [4.78, 5) is 11.6. The van der Waals surface area contributed by atoms with Crippen LogP contribution in [-0.4, -0.2) is 56.3 Å². The van der Waals surface area contributed by atoms with Crippen LogP contribution in [0.2, 0.25) is 0 Å². The molecule has 27 heavy (non-hydrogen) atoms. The second-order valence-corrected chi connectivity index (χ2v) is 7.35. The number of imidazole rings is 1. The standard InChI is InChI=1S/C20H22N6O/c1-13-23-20-17(25(13)12-14-10-24(2)11-14)8-15(9-21-20)16-5-7-26-19(16)18(27-3)4-6-22-26/h4-9,14H,10-12H2,1-3H3. The van der Waals surface area contributed by atoms with Crippen LogP contribution in [-0.2, 0) is 6.54 Å². The zero-order valence-electron chi connectivity index (χ0n) is 15.8. The number of ether oxygens (including phenoxy) is 1. The molecule has 4 aromatic rings. The zero-order chi connectivity index (χ0) is 18.5. The molecule has 7 nitrogen and oxygen atoms in total. The van der Waals surface area contributed by atoms with Gasteiger partial charge in [0.15, 0.2) is 5.65 Å². The molecule has 4 aromatic heterocycles. The van der Waals surface area contributed by atoms with Gasteiger partial charge in [-0.05, 0) is 26.1 Å². The minimum Gasteiger partial charge on any atom is -0.494 e. The Morgan fingerprint density at radius 2 is 2.11 bits per heavy atom. The van der Waals surface area contributed by atoms with Gasteiger partial charge in [-0.15, -0.1) is 0 Å². The van der Waals surface area contributed by atoms with Crippen molar-refractivity contribution in [3.63, 3.8) is 0 Å². The largest absolute Gasteiger partial charge is 0.494 e. The van der Waals surface area contributed by atoms with E-state index in [2.05, 4.69) is 50.6 Å². The molecule has 1 fully saturated rings. The van der Waals surface area contributed by atoms with Crippen molar-refractivity contribution in [2.24, 2.45) is 5.92 Å². The monoisotopic (exact) mass is 362 g/mol. The van der Waals surface area contributed by atoms with Gasteiger partial charge in [-0.3, -0.25) is 0 Å². The van der Waals surface area contributed by atoms with Crippen LogP contribution in [0.3, 0.4) is 0 Å². The highest BCUT2D eigenvalue weighted by atomic mass is 16.5. The van der Waals surface area contributed by atoms with E-state index in [0.717, 1.165) is 59.0 Å². The van der Waals surface area contributed by atoms with Gasteiger partial charge in [0.1, 0.15) is 17.1 Å². The molecule has 5 heterocycles. The van der Waals surface area contributed by atoms with Crippen molar-refractivity contribution in [2.75, 3.05) is 27.2 Å². The van der Waals surface area contributed by atoms with E-state index in [1.165, 1.54) is 0 Å². The zero-order valence-corrected chi connectivity index (χ0v) is 15.8. The van der Waals surface area contributed by atoms with Crippen LogP contribution in [0, 0.1) is 12.8 Å². The van der Waals surface area contributed by atoms with E-state index in [4.69, 9.17) is 4.74 Å². The molecule has 1 aliphatic heterocycles. The lowest BCUT2D eigenvalue weighted by molar-refractivity contribution is 0.120. The van der Waals surface area contributed by atoms with Gasteiger partial charge in [-0.2, -0.15) is 5.10 Å². The van der Waals surface area contributed by atoms with Crippen molar-refractivity contribution in [1.29, 1.82) is 0 Å². The topological polar surface area (TPSA) is 60.5 Å². The number of likely N-dealkylation sites (tertiary alicyclic amines) is 1. The van der Waals surface area contributed by atoms with Gasteiger partial charge in [0.2, 0.25) is 0 Å². The summed E-state index contributed by atoms with van der Waals surface area (Å²) in [7, 11) is 3.84. The smallest absolute Gasteiger partial charge is 0.177 e. The van der Waals surface area contributed by atoms with Crippen LogP contribution < -0.4 is 4.74 Å². The summed E-state index contributed by atoms with van der Waals surface area (Å²) in [6, 6.07) is 6.13. The number of nitrogens with zero attached hydrogens (tertiary/aromatic N) is 6. The molecule has 0 aliphatic carbocycles. The Bertz CT molecular complexity index is 1140. The van der Waals surface area contributed by atoms with Gasteiger partial charge in [0, 0.05) is 55.1 Å². The summed E-state index contributed by atoms with van der Waals surface area (Å²) in [5, 5.41) is 4.38. The van der Waals surface area contributed by atoms with Crippen molar-refractivity contribution < 1.29 is 4.74 Å². The highest BCUT2D eigenvalue weighted by Gasteiger charge is 2.25. The first-order valence-electron chi connectivity index (χ1n) is 9.16. The highest BCUT2D eigenvalue weighted by Crippen LogP contribution is 2.32. The molecule has 7 heteroatoms. The maximum atomic E-state index is 5.54. The number of rotatable bonds is 4. The molecule has 5 rings (SSSR count). The molecular formula is C20H22N6O. The molecule has 0 saturated carbocycles. The molecular weight excluding hydrogens is 340 g/mol. The van der Waals surface area contributed by atoms with Crippen LogP contribution in [0.1, 0.15) is 5.82 Å². The van der Waals surface area contributed by atoms with Gasteiger partial charge in [-0.1, -0.05) is 0 Å². The Morgan fingerprint density at radius 1 is 1.26 bits per heavy atom. The Kier molecular flexibility index (Phi) is 3.65. The second-order valence-electron chi connectivity index (χ2n) is 7.35. The fourth-order valence-corrected chi connectivity index (χ4v) is 4.11. The molecule has 0 atom stereocenters. The van der Waals surface area contributed by atoms with E-state index < -0.39 is 0 Å². The maximum Gasteiger partial charge on any atom is 0.177 e. The van der Waals surface area contributed by atoms with Crippen molar-refractivity contribution in [3.05, 3.63) is 42.6 Å². The van der Waals surface area contributed by atoms with E-state index in [9.17, 15) is 0 Å². The first-order valence-corrected chi connectivity index (χ1v) is 9.16. The normalized spacial score (nSPS) is 15.5. The fourth-order valence-electron chi connectivity index (χ4n) is 4.11. The molecule has 0 aromatic carbocycles. The fraction of sp³-hybridized carbons (Fsp3) is 0.350. The van der Waals surface area contributed by atoms with E-state index in [-0.39, 0.29) is 0 Å². The van der Waals surface area contributed by atoms with E-state index in [1.54, 1.807) is 13.3 Å². The first kappa shape index (κ1) is 16.3. The Hall–Kier alpha value is -2.93. The molecule has 1 aliphatic rings. The van der Waals surface area contributed by atoms with Crippen molar-refractivity contribution in [2.45, 2.75) is 13.5 Å². The SMILES string of the molecule is COc1ccnn2ccc(-c3cnc4nc(C)n(CC5CN(C)C5)c4c3)c12.